The Labute approximate surface area is 97.6 Å². The van der Waals surface area contributed by atoms with Crippen molar-refractivity contribution in [2.45, 2.75) is 6.54 Å². The molecule has 0 unspecified atom stereocenters. The van der Waals surface area contributed by atoms with Crippen molar-refractivity contribution >= 4 is 17.7 Å². The smallest absolute Gasteiger partial charge is 0.325 e. The second kappa shape index (κ2) is 6.48. The zero-order chi connectivity index (χ0) is 12.7. The molecule has 0 aliphatic heterocycles. The number of ether oxygens (including phenoxy) is 1. The van der Waals surface area contributed by atoms with Crippen LogP contribution in [0.15, 0.2) is 12.4 Å². The summed E-state index contributed by atoms with van der Waals surface area (Å²) in [7, 11) is 1.54. The highest BCUT2D eigenvalue weighted by Gasteiger charge is 2.05. The normalized spacial score (nSPS) is 9.94. The fourth-order valence-electron chi connectivity index (χ4n) is 1.10. The van der Waals surface area contributed by atoms with Crippen LogP contribution in [0.2, 0.25) is 0 Å². The van der Waals surface area contributed by atoms with E-state index in [0.29, 0.717) is 18.8 Å². The van der Waals surface area contributed by atoms with E-state index in [0.717, 1.165) is 0 Å². The number of carboxylic acids is 1. The molecule has 0 bridgehead atoms. The molecule has 17 heavy (non-hydrogen) atoms. The van der Waals surface area contributed by atoms with Crippen LogP contribution >= 0.6 is 0 Å². The van der Waals surface area contributed by atoms with Crippen molar-refractivity contribution in [3.8, 4) is 0 Å². The van der Waals surface area contributed by atoms with Crippen LogP contribution in [0.4, 0.5) is 10.5 Å². The molecule has 0 atom stereocenters. The highest BCUT2D eigenvalue weighted by molar-refractivity contribution is 5.88. The number of carbonyl (C=O) groups excluding carboxylic acids is 1. The van der Waals surface area contributed by atoms with Crippen molar-refractivity contribution in [2.75, 3.05) is 25.6 Å². The van der Waals surface area contributed by atoms with Gasteiger partial charge in [-0.3, -0.25) is 9.48 Å². The number of urea groups is 1. The van der Waals surface area contributed by atoms with Gasteiger partial charge in [0, 0.05) is 19.9 Å². The molecule has 0 fully saturated rings. The van der Waals surface area contributed by atoms with E-state index in [1.807, 2.05) is 0 Å². The Balaban J connectivity index is 2.38. The minimum absolute atomic E-state index is 0.243. The van der Waals surface area contributed by atoms with Gasteiger partial charge in [0.15, 0.2) is 0 Å². The van der Waals surface area contributed by atoms with Crippen molar-refractivity contribution < 1.29 is 19.4 Å². The van der Waals surface area contributed by atoms with Gasteiger partial charge in [0.1, 0.15) is 6.54 Å². The van der Waals surface area contributed by atoms with Gasteiger partial charge in [-0.25, -0.2) is 4.79 Å². The van der Waals surface area contributed by atoms with Gasteiger partial charge >= 0.3 is 12.0 Å². The Morgan fingerprint density at radius 1 is 1.59 bits per heavy atom. The molecule has 2 amide bonds. The van der Waals surface area contributed by atoms with Gasteiger partial charge < -0.3 is 20.5 Å². The maximum atomic E-state index is 11.3. The van der Waals surface area contributed by atoms with E-state index in [9.17, 15) is 9.59 Å². The number of nitrogens with one attached hydrogen (secondary N) is 2. The van der Waals surface area contributed by atoms with E-state index >= 15 is 0 Å². The van der Waals surface area contributed by atoms with Crippen molar-refractivity contribution in [2.24, 2.45) is 0 Å². The predicted octanol–water partition coefficient (Wildman–Crippen LogP) is -0.264. The summed E-state index contributed by atoms with van der Waals surface area (Å²) in [6.07, 6.45) is 2.81. The Bertz CT molecular complexity index is 390. The Morgan fingerprint density at radius 2 is 2.35 bits per heavy atom. The van der Waals surface area contributed by atoms with Crippen molar-refractivity contribution in [1.82, 2.24) is 15.1 Å². The van der Waals surface area contributed by atoms with Gasteiger partial charge in [0.25, 0.3) is 0 Å². The molecular weight excluding hydrogens is 228 g/mol. The predicted molar refractivity (Wildman–Crippen MR) is 58.8 cm³/mol. The van der Waals surface area contributed by atoms with E-state index in [-0.39, 0.29) is 6.54 Å². The molecule has 8 nitrogen and oxygen atoms in total. The summed E-state index contributed by atoms with van der Waals surface area (Å²) in [5, 5.41) is 17.4. The second-order valence-electron chi connectivity index (χ2n) is 3.19. The molecule has 0 aliphatic carbocycles. The van der Waals surface area contributed by atoms with E-state index in [4.69, 9.17) is 9.84 Å². The SMILES string of the molecule is COCCNC(=O)Nc1cnn(CC(=O)O)c1. The quantitative estimate of drug-likeness (QED) is 0.596. The summed E-state index contributed by atoms with van der Waals surface area (Å²) in [4.78, 5) is 21.7. The number of anilines is 1. The number of rotatable bonds is 6. The summed E-state index contributed by atoms with van der Waals surface area (Å²) in [5.74, 6) is -0.996. The largest absolute Gasteiger partial charge is 0.480 e. The van der Waals surface area contributed by atoms with Crippen LogP contribution in [-0.4, -0.2) is 47.1 Å². The monoisotopic (exact) mass is 242 g/mol. The van der Waals surface area contributed by atoms with Crippen LogP contribution in [0.1, 0.15) is 0 Å². The van der Waals surface area contributed by atoms with Crippen molar-refractivity contribution in [3.63, 3.8) is 0 Å². The molecule has 8 heteroatoms. The number of hydrogen-bond donors (Lipinski definition) is 3. The van der Waals surface area contributed by atoms with Crippen LogP contribution in [0, 0.1) is 0 Å². The van der Waals surface area contributed by atoms with Crippen LogP contribution in [-0.2, 0) is 16.1 Å². The lowest BCUT2D eigenvalue weighted by Gasteiger charge is -2.04. The van der Waals surface area contributed by atoms with Gasteiger partial charge in [-0.1, -0.05) is 0 Å². The minimum Gasteiger partial charge on any atom is -0.480 e. The average molecular weight is 242 g/mol. The number of carboxylic acid groups (broad SMARTS) is 1. The Kier molecular flexibility index (Phi) is 4.95. The van der Waals surface area contributed by atoms with Gasteiger partial charge in [0.2, 0.25) is 0 Å². The molecule has 0 aromatic carbocycles. The highest BCUT2D eigenvalue weighted by Crippen LogP contribution is 2.03. The molecule has 1 heterocycles. The number of amides is 2. The lowest BCUT2D eigenvalue weighted by atomic mass is 10.5. The van der Waals surface area contributed by atoms with Gasteiger partial charge in [-0.2, -0.15) is 5.10 Å². The van der Waals surface area contributed by atoms with E-state index in [1.165, 1.54) is 24.2 Å². The number of nitrogens with zero attached hydrogens (tertiary/aromatic N) is 2. The standard InChI is InChI=1S/C9H14N4O4/c1-17-3-2-10-9(16)12-7-4-11-13(5-7)6-8(14)15/h4-5H,2-3,6H2,1H3,(H,14,15)(H2,10,12,16). The lowest BCUT2D eigenvalue weighted by Crippen LogP contribution is -2.31. The Hall–Kier alpha value is -2.09. The third kappa shape index (κ3) is 4.98. The zero-order valence-corrected chi connectivity index (χ0v) is 9.34. The van der Waals surface area contributed by atoms with Crippen LogP contribution in [0.25, 0.3) is 0 Å². The van der Waals surface area contributed by atoms with Crippen LogP contribution in [0.3, 0.4) is 0 Å². The summed E-state index contributed by atoms with van der Waals surface area (Å²) >= 11 is 0. The van der Waals surface area contributed by atoms with Crippen LogP contribution in [0.5, 0.6) is 0 Å². The second-order valence-corrected chi connectivity index (χ2v) is 3.19. The maximum absolute atomic E-state index is 11.3. The summed E-state index contributed by atoms with van der Waals surface area (Å²) in [6, 6.07) is -0.392. The number of carbonyl (C=O) groups is 2. The number of aliphatic carboxylic acids is 1. The van der Waals surface area contributed by atoms with Gasteiger partial charge in [-0.15, -0.1) is 0 Å². The molecule has 94 valence electrons. The van der Waals surface area contributed by atoms with Gasteiger partial charge in [-0.05, 0) is 0 Å². The molecule has 1 aromatic heterocycles. The number of hydrogen-bond acceptors (Lipinski definition) is 4. The number of aromatic nitrogens is 2. The lowest BCUT2D eigenvalue weighted by molar-refractivity contribution is -0.137. The summed E-state index contributed by atoms with van der Waals surface area (Å²) in [5.41, 5.74) is 0.432. The van der Waals surface area contributed by atoms with Crippen molar-refractivity contribution in [3.05, 3.63) is 12.4 Å². The highest BCUT2D eigenvalue weighted by atomic mass is 16.5. The first-order valence-corrected chi connectivity index (χ1v) is 4.90. The average Bonchev–Trinajstić information content (AvgIpc) is 2.64. The van der Waals surface area contributed by atoms with Gasteiger partial charge in [0.05, 0.1) is 18.5 Å². The topological polar surface area (TPSA) is 105 Å². The van der Waals surface area contributed by atoms with E-state index < -0.39 is 12.0 Å². The first kappa shape index (κ1) is 13.0. The molecule has 0 spiro atoms. The van der Waals surface area contributed by atoms with E-state index in [1.54, 1.807) is 0 Å². The van der Waals surface area contributed by atoms with E-state index in [2.05, 4.69) is 15.7 Å². The molecule has 0 aliphatic rings. The first-order valence-electron chi connectivity index (χ1n) is 4.90. The molecule has 1 rings (SSSR count). The minimum atomic E-state index is -0.996. The molecule has 0 radical (unpaired) electrons. The zero-order valence-electron chi connectivity index (χ0n) is 9.34. The maximum Gasteiger partial charge on any atom is 0.325 e. The summed E-state index contributed by atoms with van der Waals surface area (Å²) < 4.78 is 5.98. The van der Waals surface area contributed by atoms with Crippen LogP contribution < -0.4 is 10.6 Å². The fraction of sp³-hybridized carbons (Fsp3) is 0.444. The molecule has 1 aromatic rings. The third-order valence-corrected chi connectivity index (χ3v) is 1.78. The number of methoxy groups -OCH3 is 1. The Morgan fingerprint density at radius 3 is 3.00 bits per heavy atom. The van der Waals surface area contributed by atoms with Crippen molar-refractivity contribution in [1.29, 1.82) is 0 Å². The molecular formula is C9H14N4O4. The first-order chi connectivity index (χ1) is 8.11. The molecule has 0 saturated carbocycles. The third-order valence-electron chi connectivity index (χ3n) is 1.78. The molecule has 3 N–H and O–H groups in total. The summed E-state index contributed by atoms with van der Waals surface area (Å²) in [6.45, 7) is 0.574. The molecule has 0 saturated heterocycles. The fourth-order valence-corrected chi connectivity index (χ4v) is 1.10.